The lowest BCUT2D eigenvalue weighted by Gasteiger charge is -2.24. The minimum absolute atomic E-state index is 0.0288. The van der Waals surface area contributed by atoms with E-state index >= 15 is 0 Å². The molecule has 136 valence electrons. The molecule has 3 rings (SSSR count). The molecular weight excluding hydrogens is 424 g/mol. The highest BCUT2D eigenvalue weighted by atomic mass is 79.9. The van der Waals surface area contributed by atoms with Crippen molar-refractivity contribution in [3.05, 3.63) is 86.2 Å². The average molecular weight is 441 g/mol. The van der Waals surface area contributed by atoms with Gasteiger partial charge in [0.25, 0.3) is 0 Å². The molecule has 1 heterocycles. The first-order valence-electron chi connectivity index (χ1n) is 8.39. The molecule has 6 heteroatoms. The van der Waals surface area contributed by atoms with Gasteiger partial charge in [0.15, 0.2) is 5.57 Å². The van der Waals surface area contributed by atoms with Crippen LogP contribution in [0.15, 0.2) is 75.1 Å². The van der Waals surface area contributed by atoms with Crippen molar-refractivity contribution < 1.29 is 9.53 Å². The number of halogens is 1. The van der Waals surface area contributed by atoms with Gasteiger partial charge >= 0.3 is 5.97 Å². The van der Waals surface area contributed by atoms with Crippen molar-refractivity contribution in [2.75, 3.05) is 6.61 Å². The van der Waals surface area contributed by atoms with E-state index in [0.29, 0.717) is 11.6 Å². The largest absolute Gasteiger partial charge is 0.462 e. The van der Waals surface area contributed by atoms with Crippen LogP contribution in [0.1, 0.15) is 18.1 Å². The summed E-state index contributed by atoms with van der Waals surface area (Å²) in [5.41, 5.74) is 3.07. The zero-order valence-electron chi connectivity index (χ0n) is 14.7. The van der Waals surface area contributed by atoms with Crippen LogP contribution < -0.4 is 0 Å². The third kappa shape index (κ3) is 4.44. The lowest BCUT2D eigenvalue weighted by molar-refractivity contribution is -0.138. The lowest BCUT2D eigenvalue weighted by atomic mass is 10.1. The first-order valence-corrected chi connectivity index (χ1v) is 10.1. The average Bonchev–Trinajstić information content (AvgIpc) is 3.07. The van der Waals surface area contributed by atoms with Crippen LogP contribution in [-0.4, -0.2) is 17.5 Å². The molecule has 0 atom stereocenters. The maximum absolute atomic E-state index is 12.3. The number of hydrogen-bond donors (Lipinski definition) is 0. The maximum Gasteiger partial charge on any atom is 0.351 e. The highest BCUT2D eigenvalue weighted by Crippen LogP contribution is 2.42. The molecule has 0 spiro atoms. The van der Waals surface area contributed by atoms with Gasteiger partial charge in [0.2, 0.25) is 0 Å². The Morgan fingerprint density at radius 1 is 1.19 bits per heavy atom. The number of carbonyl (C=O) groups is 1. The molecule has 0 aliphatic carbocycles. The molecular formula is C21H17BrN2O2S. The van der Waals surface area contributed by atoms with Crippen molar-refractivity contribution in [1.29, 1.82) is 5.26 Å². The summed E-state index contributed by atoms with van der Waals surface area (Å²) in [6.07, 6.45) is 0. The van der Waals surface area contributed by atoms with E-state index in [4.69, 9.17) is 4.74 Å². The van der Waals surface area contributed by atoms with E-state index < -0.39 is 5.97 Å². The number of benzene rings is 2. The Morgan fingerprint density at radius 3 is 2.52 bits per heavy atom. The topological polar surface area (TPSA) is 53.3 Å². The van der Waals surface area contributed by atoms with Crippen LogP contribution >= 0.6 is 27.7 Å². The Hall–Kier alpha value is -2.49. The minimum Gasteiger partial charge on any atom is -0.462 e. The summed E-state index contributed by atoms with van der Waals surface area (Å²) >= 11 is 4.83. The van der Waals surface area contributed by atoms with Gasteiger partial charge in [0.05, 0.1) is 12.3 Å². The Morgan fingerprint density at radius 2 is 1.89 bits per heavy atom. The van der Waals surface area contributed by atoms with Crippen molar-refractivity contribution in [3.63, 3.8) is 0 Å². The van der Waals surface area contributed by atoms with Crippen molar-refractivity contribution in [2.24, 2.45) is 0 Å². The van der Waals surface area contributed by atoms with Gasteiger partial charge in [-0.1, -0.05) is 70.2 Å². The minimum atomic E-state index is -0.592. The van der Waals surface area contributed by atoms with Gasteiger partial charge in [0.1, 0.15) is 11.1 Å². The van der Waals surface area contributed by atoms with Gasteiger partial charge in [-0.25, -0.2) is 4.79 Å². The van der Waals surface area contributed by atoms with E-state index in [0.717, 1.165) is 21.3 Å². The molecule has 0 unspecified atom stereocenters. The number of carbonyl (C=O) groups excluding carboxylic acids is 1. The maximum atomic E-state index is 12.3. The third-order valence-corrected chi connectivity index (χ3v) is 5.46. The Balaban J connectivity index is 2.03. The molecule has 1 aliphatic heterocycles. The van der Waals surface area contributed by atoms with Gasteiger partial charge in [-0.3, -0.25) is 0 Å². The van der Waals surface area contributed by atoms with Crippen LogP contribution in [0.3, 0.4) is 0 Å². The van der Waals surface area contributed by atoms with Crippen molar-refractivity contribution in [1.82, 2.24) is 4.90 Å². The molecule has 0 bridgehead atoms. The van der Waals surface area contributed by atoms with Crippen LogP contribution in [0, 0.1) is 11.3 Å². The van der Waals surface area contributed by atoms with Crippen molar-refractivity contribution in [3.8, 4) is 6.07 Å². The summed E-state index contributed by atoms with van der Waals surface area (Å²) in [6, 6.07) is 19.9. The van der Waals surface area contributed by atoms with Crippen molar-refractivity contribution in [2.45, 2.75) is 13.5 Å². The smallest absolute Gasteiger partial charge is 0.351 e. The predicted octanol–water partition coefficient (Wildman–Crippen LogP) is 5.29. The predicted molar refractivity (Wildman–Crippen MR) is 111 cm³/mol. The number of nitrogens with zero attached hydrogens (tertiary/aromatic N) is 2. The molecule has 0 fully saturated rings. The van der Waals surface area contributed by atoms with E-state index in [1.165, 1.54) is 11.8 Å². The second kappa shape index (κ2) is 8.94. The van der Waals surface area contributed by atoms with Crippen LogP contribution in [0.2, 0.25) is 0 Å². The lowest BCUT2D eigenvalue weighted by Crippen LogP contribution is -2.20. The van der Waals surface area contributed by atoms with Gasteiger partial charge in [-0.2, -0.15) is 5.26 Å². The second-order valence-electron chi connectivity index (χ2n) is 5.71. The Kier molecular flexibility index (Phi) is 6.38. The van der Waals surface area contributed by atoms with Crippen LogP contribution in [-0.2, 0) is 16.1 Å². The van der Waals surface area contributed by atoms with Crippen LogP contribution in [0.4, 0.5) is 0 Å². The summed E-state index contributed by atoms with van der Waals surface area (Å²) < 4.78 is 6.07. The van der Waals surface area contributed by atoms with Gasteiger partial charge < -0.3 is 9.64 Å². The number of thioether (sulfide) groups is 1. The van der Waals surface area contributed by atoms with Gasteiger partial charge in [-0.05, 0) is 30.2 Å². The molecule has 0 saturated heterocycles. The monoisotopic (exact) mass is 440 g/mol. The number of ether oxygens (including phenoxy) is 1. The van der Waals surface area contributed by atoms with E-state index in [1.54, 1.807) is 6.92 Å². The molecule has 1 aliphatic rings. The summed E-state index contributed by atoms with van der Waals surface area (Å²) in [4.78, 5) is 14.3. The van der Waals surface area contributed by atoms with Crippen LogP contribution in [0.5, 0.6) is 0 Å². The fourth-order valence-corrected chi connectivity index (χ4v) is 3.98. The van der Waals surface area contributed by atoms with Crippen molar-refractivity contribution >= 4 is 39.4 Å². The summed E-state index contributed by atoms with van der Waals surface area (Å²) in [5.74, 6) is -0.592. The molecule has 0 radical (unpaired) electrons. The summed E-state index contributed by atoms with van der Waals surface area (Å²) in [7, 11) is 0. The molecule has 2 aromatic carbocycles. The molecule has 4 nitrogen and oxygen atoms in total. The second-order valence-corrected chi connectivity index (χ2v) is 7.49. The van der Waals surface area contributed by atoms with E-state index in [9.17, 15) is 10.1 Å². The zero-order valence-corrected chi connectivity index (χ0v) is 17.1. The molecule has 0 amide bonds. The van der Waals surface area contributed by atoms with E-state index in [-0.39, 0.29) is 12.2 Å². The fourth-order valence-electron chi connectivity index (χ4n) is 2.69. The molecule has 0 N–H and O–H groups in total. The molecule has 27 heavy (non-hydrogen) atoms. The summed E-state index contributed by atoms with van der Waals surface area (Å²) in [6.45, 7) is 2.51. The first-order chi connectivity index (χ1) is 13.1. The normalized spacial score (nSPS) is 15.1. The summed E-state index contributed by atoms with van der Waals surface area (Å²) in [5, 5.41) is 12.1. The number of rotatable bonds is 5. The van der Waals surface area contributed by atoms with Gasteiger partial charge in [-0.15, -0.1) is 0 Å². The Labute approximate surface area is 171 Å². The molecule has 0 saturated carbocycles. The number of nitriles is 1. The van der Waals surface area contributed by atoms with Crippen LogP contribution in [0.25, 0.3) is 5.70 Å². The first kappa shape index (κ1) is 19.3. The van der Waals surface area contributed by atoms with E-state index in [1.807, 2.05) is 71.0 Å². The number of esters is 1. The number of hydrogen-bond acceptors (Lipinski definition) is 5. The Bertz CT molecular complexity index is 931. The fraction of sp³-hybridized carbons (Fsp3) is 0.143. The van der Waals surface area contributed by atoms with Gasteiger partial charge in [0, 0.05) is 16.4 Å². The standard InChI is InChI=1S/C21H17BrN2O2S/c1-2-26-21(25)18(12-23)20-24(13-15-6-4-3-5-7-15)19(14-27-20)16-8-10-17(22)11-9-16/h3-11,14H,2,13H2,1H3/b20-18+. The SMILES string of the molecule is CCOC(=O)/C(C#N)=C1/SC=C(c2ccc(Br)cc2)N1Cc1ccccc1. The quantitative estimate of drug-likeness (QED) is 0.358. The third-order valence-electron chi connectivity index (χ3n) is 3.95. The zero-order chi connectivity index (χ0) is 19.2. The highest BCUT2D eigenvalue weighted by Gasteiger charge is 2.29. The molecule has 0 aromatic heterocycles. The van der Waals surface area contributed by atoms with E-state index in [2.05, 4.69) is 15.9 Å². The highest BCUT2D eigenvalue weighted by molar-refractivity contribution is 9.10. The molecule has 2 aromatic rings.